The summed E-state index contributed by atoms with van der Waals surface area (Å²) >= 11 is 0. The minimum atomic E-state index is -3.53. The van der Waals surface area contributed by atoms with E-state index in [4.69, 9.17) is 4.74 Å². The lowest BCUT2D eigenvalue weighted by Crippen LogP contribution is -2.50. The summed E-state index contributed by atoms with van der Waals surface area (Å²) in [4.78, 5) is 23.9. The molecule has 0 bridgehead atoms. The molecule has 194 valence electrons. The van der Waals surface area contributed by atoms with Gasteiger partial charge in [0.15, 0.2) is 21.2 Å². The molecule has 1 saturated heterocycles. The number of carbonyl (C=O) groups excluding carboxylic acids is 1. The highest BCUT2D eigenvalue weighted by Gasteiger charge is 2.32. The van der Waals surface area contributed by atoms with Gasteiger partial charge in [0.05, 0.1) is 16.5 Å². The highest BCUT2D eigenvalue weighted by Crippen LogP contribution is 2.30. The van der Waals surface area contributed by atoms with E-state index < -0.39 is 21.4 Å². The first kappa shape index (κ1) is 26.0. The lowest BCUT2D eigenvalue weighted by atomic mass is 9.94. The molecule has 0 radical (unpaired) electrons. The van der Waals surface area contributed by atoms with Crippen LogP contribution in [0.25, 0.3) is 16.7 Å². The fourth-order valence-electron chi connectivity index (χ4n) is 4.67. The molecule has 0 saturated carbocycles. The molecule has 3 aromatic rings. The number of aromatic nitrogens is 4. The largest absolute Gasteiger partial charge is 0.446 e. The lowest BCUT2D eigenvalue weighted by molar-refractivity contribution is -0.164. The highest BCUT2D eigenvalue weighted by atomic mass is 32.2. The number of carbonyl (C=O) groups is 1. The summed E-state index contributed by atoms with van der Waals surface area (Å²) < 4.78 is 45.0. The Labute approximate surface area is 210 Å². The number of benzene rings is 1. The van der Waals surface area contributed by atoms with Crippen LogP contribution in [0.2, 0.25) is 0 Å². The summed E-state index contributed by atoms with van der Waals surface area (Å²) in [7, 11) is -3.53. The zero-order valence-electron chi connectivity index (χ0n) is 20.9. The summed E-state index contributed by atoms with van der Waals surface area (Å²) in [6.45, 7) is 9.49. The van der Waals surface area contributed by atoms with E-state index in [1.807, 2.05) is 13.8 Å². The van der Waals surface area contributed by atoms with E-state index in [0.717, 1.165) is 44.8 Å². The molecule has 0 atom stereocenters. The maximum absolute atomic E-state index is 14.9. The Bertz CT molecular complexity index is 1350. The van der Waals surface area contributed by atoms with Gasteiger partial charge in [-0.3, -0.25) is 9.69 Å². The van der Waals surface area contributed by atoms with Gasteiger partial charge in [0.2, 0.25) is 0 Å². The molecule has 12 heteroatoms. The predicted molar refractivity (Wildman–Crippen MR) is 133 cm³/mol. The van der Waals surface area contributed by atoms with Crippen LogP contribution in [-0.4, -0.2) is 77.7 Å². The summed E-state index contributed by atoms with van der Waals surface area (Å²) in [6, 6.07) is 3.74. The first-order chi connectivity index (χ1) is 17.0. The van der Waals surface area contributed by atoms with Gasteiger partial charge < -0.3 is 9.64 Å². The summed E-state index contributed by atoms with van der Waals surface area (Å²) in [6.07, 6.45) is 5.98. The number of halogens is 1. The third-order valence-corrected chi connectivity index (χ3v) is 7.90. The minimum Gasteiger partial charge on any atom is -0.446 e. The average molecular weight is 519 g/mol. The van der Waals surface area contributed by atoms with Crippen molar-refractivity contribution in [2.45, 2.75) is 44.2 Å². The first-order valence-corrected chi connectivity index (χ1v) is 13.7. The fourth-order valence-corrected chi connectivity index (χ4v) is 5.31. The van der Waals surface area contributed by atoms with Crippen LogP contribution in [-0.2, 0) is 19.4 Å². The number of sulfone groups is 1. The van der Waals surface area contributed by atoms with Crippen LogP contribution in [0.5, 0.6) is 0 Å². The van der Waals surface area contributed by atoms with Crippen molar-refractivity contribution in [3.05, 3.63) is 36.5 Å². The number of anilines is 1. The topological polar surface area (TPSA) is 111 Å². The SMILES string of the molecule is CCN(CC1CCN(C(C)(C)OC=O)CC1)c1ncnc2c1cnn2-c1ccc(S(C)(=O)=O)cc1F. The Morgan fingerprint density at radius 3 is 2.58 bits per heavy atom. The van der Waals surface area contributed by atoms with Crippen molar-refractivity contribution in [3.8, 4) is 5.69 Å². The number of ether oxygens (including phenoxy) is 1. The smallest absolute Gasteiger partial charge is 0.294 e. The van der Waals surface area contributed by atoms with Gasteiger partial charge in [-0.2, -0.15) is 5.10 Å². The van der Waals surface area contributed by atoms with Crippen molar-refractivity contribution in [1.29, 1.82) is 0 Å². The third kappa shape index (κ3) is 5.19. The van der Waals surface area contributed by atoms with E-state index in [0.29, 0.717) is 35.8 Å². The molecule has 1 aliphatic rings. The van der Waals surface area contributed by atoms with Gasteiger partial charge in [0, 0.05) is 32.4 Å². The number of rotatable bonds is 9. The van der Waals surface area contributed by atoms with Gasteiger partial charge in [-0.25, -0.2) is 27.5 Å². The van der Waals surface area contributed by atoms with E-state index in [-0.39, 0.29) is 10.6 Å². The molecule has 0 spiro atoms. The Hall–Kier alpha value is -3.12. The van der Waals surface area contributed by atoms with Crippen LogP contribution < -0.4 is 4.90 Å². The minimum absolute atomic E-state index is 0.0974. The van der Waals surface area contributed by atoms with E-state index in [1.165, 1.54) is 23.1 Å². The highest BCUT2D eigenvalue weighted by molar-refractivity contribution is 7.90. The van der Waals surface area contributed by atoms with Gasteiger partial charge in [-0.05, 0) is 57.7 Å². The van der Waals surface area contributed by atoms with Crippen molar-refractivity contribution in [2.24, 2.45) is 5.92 Å². The van der Waals surface area contributed by atoms with Crippen LogP contribution >= 0.6 is 0 Å². The fraction of sp³-hybridized carbons (Fsp3) is 0.500. The lowest BCUT2D eigenvalue weighted by Gasteiger charge is -2.42. The van der Waals surface area contributed by atoms with Crippen LogP contribution in [0.4, 0.5) is 10.2 Å². The van der Waals surface area contributed by atoms with Crippen LogP contribution in [0.3, 0.4) is 0 Å². The zero-order valence-corrected chi connectivity index (χ0v) is 21.7. The molecular formula is C24H31FN6O4S. The molecule has 4 rings (SSSR count). The molecule has 2 aromatic heterocycles. The van der Waals surface area contributed by atoms with Gasteiger partial charge in [0.25, 0.3) is 6.47 Å². The standard InChI is InChI=1S/C24H31FN6O4S/c1-5-29(14-17-8-10-30(11-9-17)24(2,3)35-16-32)22-19-13-28-31(23(19)27-15-26-22)21-7-6-18(12-20(21)25)36(4,33)34/h6-7,12-13,15-17H,5,8-11,14H2,1-4H3. The zero-order chi connectivity index (χ0) is 26.1. The van der Waals surface area contributed by atoms with Crippen LogP contribution in [0.1, 0.15) is 33.6 Å². The van der Waals surface area contributed by atoms with Crippen LogP contribution in [0.15, 0.2) is 35.6 Å². The van der Waals surface area contributed by atoms with E-state index in [9.17, 15) is 17.6 Å². The molecule has 0 unspecified atom stereocenters. The third-order valence-electron chi connectivity index (χ3n) is 6.79. The van der Waals surface area contributed by atoms with Gasteiger partial charge in [-0.15, -0.1) is 0 Å². The van der Waals surface area contributed by atoms with Crippen molar-refractivity contribution in [1.82, 2.24) is 24.6 Å². The number of fused-ring (bicyclic) bond motifs is 1. The van der Waals surface area contributed by atoms with Crippen molar-refractivity contribution < 1.29 is 22.3 Å². The van der Waals surface area contributed by atoms with Gasteiger partial charge in [-0.1, -0.05) is 0 Å². The molecule has 0 amide bonds. The first-order valence-electron chi connectivity index (χ1n) is 11.8. The quantitative estimate of drug-likeness (QED) is 0.395. The van der Waals surface area contributed by atoms with Crippen molar-refractivity contribution in [2.75, 3.05) is 37.3 Å². The molecule has 0 aliphatic carbocycles. The molecular weight excluding hydrogens is 487 g/mol. The van der Waals surface area contributed by atoms with Crippen molar-refractivity contribution in [3.63, 3.8) is 0 Å². The Kier molecular flexibility index (Phi) is 7.28. The Morgan fingerprint density at radius 1 is 1.25 bits per heavy atom. The average Bonchev–Trinajstić information content (AvgIpc) is 3.26. The summed E-state index contributed by atoms with van der Waals surface area (Å²) in [5, 5.41) is 5.03. The molecule has 1 fully saturated rings. The maximum Gasteiger partial charge on any atom is 0.294 e. The van der Waals surface area contributed by atoms with E-state index in [2.05, 4.69) is 31.8 Å². The second-order valence-corrected chi connectivity index (χ2v) is 11.5. The van der Waals surface area contributed by atoms with Gasteiger partial charge in [0.1, 0.15) is 23.6 Å². The normalized spacial score (nSPS) is 15.8. The monoisotopic (exact) mass is 518 g/mol. The Balaban J connectivity index is 1.56. The molecule has 1 aliphatic heterocycles. The molecule has 10 nitrogen and oxygen atoms in total. The number of piperidine rings is 1. The van der Waals surface area contributed by atoms with Crippen LogP contribution in [0, 0.1) is 11.7 Å². The van der Waals surface area contributed by atoms with Crippen molar-refractivity contribution >= 4 is 33.2 Å². The maximum atomic E-state index is 14.9. The van der Waals surface area contributed by atoms with E-state index in [1.54, 1.807) is 6.20 Å². The number of nitrogens with zero attached hydrogens (tertiary/aromatic N) is 6. The second-order valence-electron chi connectivity index (χ2n) is 9.51. The summed E-state index contributed by atoms with van der Waals surface area (Å²) in [5.41, 5.74) is -0.0797. The summed E-state index contributed by atoms with van der Waals surface area (Å²) in [5.74, 6) is 0.437. The Morgan fingerprint density at radius 2 is 1.97 bits per heavy atom. The van der Waals surface area contributed by atoms with Gasteiger partial charge >= 0.3 is 0 Å². The second kappa shape index (κ2) is 10.1. The number of hydrogen-bond acceptors (Lipinski definition) is 9. The predicted octanol–water partition coefficient (Wildman–Crippen LogP) is 2.81. The number of likely N-dealkylation sites (tertiary alicyclic amines) is 1. The molecule has 3 heterocycles. The molecule has 1 aromatic carbocycles. The van der Waals surface area contributed by atoms with E-state index >= 15 is 0 Å². The molecule has 0 N–H and O–H groups in total. The number of hydrogen-bond donors (Lipinski definition) is 0. The molecule has 36 heavy (non-hydrogen) atoms.